The van der Waals surface area contributed by atoms with Gasteiger partial charge in [0.05, 0.1) is 18.1 Å². The van der Waals surface area contributed by atoms with Gasteiger partial charge in [-0.3, -0.25) is 4.98 Å². The number of rotatable bonds is 5. The van der Waals surface area contributed by atoms with Crippen molar-refractivity contribution in [2.24, 2.45) is 0 Å². The predicted molar refractivity (Wildman–Crippen MR) is 84.6 cm³/mol. The fourth-order valence-electron chi connectivity index (χ4n) is 2.03. The van der Waals surface area contributed by atoms with Gasteiger partial charge in [0, 0.05) is 16.3 Å². The quantitative estimate of drug-likeness (QED) is 0.694. The molecule has 0 aliphatic heterocycles. The Bertz CT molecular complexity index is 836. The van der Waals surface area contributed by atoms with Crippen molar-refractivity contribution in [2.75, 3.05) is 0 Å². The molecule has 0 radical (unpaired) electrons. The van der Waals surface area contributed by atoms with E-state index in [2.05, 4.69) is 15.3 Å². The first-order valence-electron chi connectivity index (χ1n) is 7.07. The molecule has 0 saturated heterocycles. The van der Waals surface area contributed by atoms with Gasteiger partial charge in [0.1, 0.15) is 18.1 Å². The first-order valence-corrected chi connectivity index (χ1v) is 7.45. The lowest BCUT2D eigenvalue weighted by molar-refractivity contribution is 0.151. The lowest BCUT2D eigenvalue weighted by Crippen LogP contribution is -1.97. The summed E-state index contributed by atoms with van der Waals surface area (Å²) in [5.41, 5.74) is 1.66. The van der Waals surface area contributed by atoms with Gasteiger partial charge in [-0.15, -0.1) is 5.10 Å². The topological polar surface area (TPSA) is 52.8 Å². The van der Waals surface area contributed by atoms with E-state index in [1.807, 2.05) is 13.0 Å². The number of hydrogen-bond donors (Lipinski definition) is 0. The molecule has 0 aliphatic carbocycles. The van der Waals surface area contributed by atoms with E-state index in [1.54, 1.807) is 24.5 Å². The maximum atomic E-state index is 12.9. The van der Waals surface area contributed by atoms with E-state index in [9.17, 15) is 8.78 Å². The van der Waals surface area contributed by atoms with Crippen LogP contribution < -0.4 is 4.74 Å². The van der Waals surface area contributed by atoms with Crippen LogP contribution in [0.5, 0.6) is 5.75 Å². The second kappa shape index (κ2) is 6.92. The summed E-state index contributed by atoms with van der Waals surface area (Å²) in [5, 5.41) is 7.91. The molecule has 5 nitrogen and oxygen atoms in total. The Morgan fingerprint density at radius 1 is 1.25 bits per heavy atom. The van der Waals surface area contributed by atoms with Crippen LogP contribution in [0.3, 0.4) is 0 Å². The number of pyridine rings is 1. The number of aromatic nitrogens is 4. The second-order valence-corrected chi connectivity index (χ2v) is 5.49. The molecular formula is C16H13ClF2N4O. The van der Waals surface area contributed by atoms with Crippen molar-refractivity contribution in [3.8, 4) is 11.4 Å². The van der Waals surface area contributed by atoms with Crippen molar-refractivity contribution in [2.45, 2.75) is 20.0 Å². The molecule has 3 rings (SSSR count). The van der Waals surface area contributed by atoms with Gasteiger partial charge in [0.25, 0.3) is 6.43 Å². The fraction of sp³-hybridized carbons (Fsp3) is 0.188. The highest BCUT2D eigenvalue weighted by Gasteiger charge is 2.14. The monoisotopic (exact) mass is 350 g/mol. The summed E-state index contributed by atoms with van der Waals surface area (Å²) in [4.78, 5) is 4.13. The smallest absolute Gasteiger partial charge is 0.265 e. The summed E-state index contributed by atoms with van der Waals surface area (Å²) in [6.45, 7) is 2.08. The number of nitrogens with zero attached hydrogens (tertiary/aromatic N) is 4. The Morgan fingerprint density at radius 2 is 2.08 bits per heavy atom. The molecule has 2 aromatic heterocycles. The molecule has 0 bridgehead atoms. The largest absolute Gasteiger partial charge is 0.486 e. The van der Waals surface area contributed by atoms with Crippen molar-refractivity contribution in [1.82, 2.24) is 20.0 Å². The summed E-state index contributed by atoms with van der Waals surface area (Å²) >= 11 is 5.76. The average molecular weight is 351 g/mol. The number of benzene rings is 1. The molecule has 0 saturated carbocycles. The Morgan fingerprint density at radius 3 is 2.79 bits per heavy atom. The first kappa shape index (κ1) is 16.3. The molecule has 0 fully saturated rings. The van der Waals surface area contributed by atoms with Crippen LogP contribution in [0.4, 0.5) is 8.78 Å². The van der Waals surface area contributed by atoms with Crippen molar-refractivity contribution < 1.29 is 13.5 Å². The van der Waals surface area contributed by atoms with E-state index in [0.717, 1.165) is 5.69 Å². The number of halogens is 3. The maximum absolute atomic E-state index is 12.9. The second-order valence-electron chi connectivity index (χ2n) is 5.08. The zero-order valence-corrected chi connectivity index (χ0v) is 13.4. The molecule has 0 aliphatic rings. The van der Waals surface area contributed by atoms with E-state index >= 15 is 0 Å². The summed E-state index contributed by atoms with van der Waals surface area (Å²) in [6.07, 6.45) is 0.575. The standard InChI is InChI=1S/C16H13ClF2N4O/c1-10-2-4-13(7-20-10)24-9-11-8-23(22-21-11)12-3-5-15(17)14(6-12)16(18)19/h2-8,16H,9H2,1H3. The van der Waals surface area contributed by atoms with Crippen LogP contribution in [-0.2, 0) is 6.61 Å². The van der Waals surface area contributed by atoms with Gasteiger partial charge >= 0.3 is 0 Å². The summed E-state index contributed by atoms with van der Waals surface area (Å²) in [6, 6.07) is 7.94. The van der Waals surface area contributed by atoms with Crippen molar-refractivity contribution in [3.05, 3.63) is 64.7 Å². The van der Waals surface area contributed by atoms with E-state index in [0.29, 0.717) is 17.1 Å². The third kappa shape index (κ3) is 3.68. The molecule has 0 atom stereocenters. The Kier molecular flexibility index (Phi) is 4.71. The lowest BCUT2D eigenvalue weighted by Gasteiger charge is -2.06. The summed E-state index contributed by atoms with van der Waals surface area (Å²) in [7, 11) is 0. The fourth-order valence-corrected chi connectivity index (χ4v) is 2.23. The number of aryl methyl sites for hydroxylation is 1. The molecule has 24 heavy (non-hydrogen) atoms. The number of alkyl halides is 2. The minimum Gasteiger partial charge on any atom is -0.486 e. The highest BCUT2D eigenvalue weighted by atomic mass is 35.5. The SMILES string of the molecule is Cc1ccc(OCc2cn(-c3ccc(Cl)c(C(F)F)c3)nn2)cn1. The normalized spacial score (nSPS) is 11.0. The molecular weight excluding hydrogens is 338 g/mol. The summed E-state index contributed by atoms with van der Waals surface area (Å²) in [5.74, 6) is 0.613. The minimum atomic E-state index is -2.65. The van der Waals surface area contributed by atoms with Crippen molar-refractivity contribution in [3.63, 3.8) is 0 Å². The van der Waals surface area contributed by atoms with Crippen LogP contribution in [0.15, 0.2) is 42.7 Å². The van der Waals surface area contributed by atoms with Gasteiger partial charge in [0.15, 0.2) is 0 Å². The Balaban J connectivity index is 1.73. The molecule has 1 aromatic carbocycles. The van der Waals surface area contributed by atoms with Gasteiger partial charge in [-0.25, -0.2) is 13.5 Å². The first-order chi connectivity index (χ1) is 11.5. The molecule has 0 N–H and O–H groups in total. The van der Waals surface area contributed by atoms with Crippen molar-refractivity contribution >= 4 is 11.6 Å². The maximum Gasteiger partial charge on any atom is 0.265 e. The molecule has 8 heteroatoms. The van der Waals surface area contributed by atoms with Crippen LogP contribution in [0, 0.1) is 6.92 Å². The molecule has 3 aromatic rings. The molecule has 0 unspecified atom stereocenters. The molecule has 2 heterocycles. The minimum absolute atomic E-state index is 0.0179. The van der Waals surface area contributed by atoms with Crippen LogP contribution >= 0.6 is 11.6 Å². The van der Waals surface area contributed by atoms with Gasteiger partial charge in [-0.05, 0) is 37.3 Å². The Hall–Kier alpha value is -2.54. The Labute approximate surface area is 141 Å². The molecule has 0 amide bonds. The van der Waals surface area contributed by atoms with E-state index < -0.39 is 6.43 Å². The predicted octanol–water partition coefficient (Wildman–Crippen LogP) is 4.14. The zero-order chi connectivity index (χ0) is 17.1. The van der Waals surface area contributed by atoms with E-state index in [-0.39, 0.29) is 17.2 Å². The third-order valence-corrected chi connectivity index (χ3v) is 3.64. The highest BCUT2D eigenvalue weighted by Crippen LogP contribution is 2.28. The molecule has 124 valence electrons. The van der Waals surface area contributed by atoms with E-state index in [4.69, 9.17) is 16.3 Å². The summed E-state index contributed by atoms with van der Waals surface area (Å²) < 4.78 is 32.8. The highest BCUT2D eigenvalue weighted by molar-refractivity contribution is 6.31. The number of ether oxygens (including phenoxy) is 1. The average Bonchev–Trinajstić information content (AvgIpc) is 3.03. The van der Waals surface area contributed by atoms with Crippen LogP contribution in [-0.4, -0.2) is 20.0 Å². The van der Waals surface area contributed by atoms with E-state index in [1.165, 1.54) is 16.8 Å². The van der Waals surface area contributed by atoms with Gasteiger partial charge in [-0.2, -0.15) is 0 Å². The van der Waals surface area contributed by atoms with Crippen LogP contribution in [0.25, 0.3) is 5.69 Å². The number of hydrogen-bond acceptors (Lipinski definition) is 4. The van der Waals surface area contributed by atoms with Crippen LogP contribution in [0.2, 0.25) is 5.02 Å². The van der Waals surface area contributed by atoms with Crippen LogP contribution in [0.1, 0.15) is 23.4 Å². The van der Waals surface area contributed by atoms with Gasteiger partial charge in [-0.1, -0.05) is 16.8 Å². The molecule has 0 spiro atoms. The van der Waals surface area contributed by atoms with Crippen molar-refractivity contribution in [1.29, 1.82) is 0 Å². The van der Waals surface area contributed by atoms with Gasteiger partial charge in [0.2, 0.25) is 0 Å². The lowest BCUT2D eigenvalue weighted by atomic mass is 10.2. The third-order valence-electron chi connectivity index (χ3n) is 3.29. The zero-order valence-electron chi connectivity index (χ0n) is 12.7. The van der Waals surface area contributed by atoms with Gasteiger partial charge < -0.3 is 4.74 Å².